The van der Waals surface area contributed by atoms with Crippen molar-refractivity contribution in [1.82, 2.24) is 0 Å². The van der Waals surface area contributed by atoms with Gasteiger partial charge in [-0.25, -0.2) is 4.39 Å². The van der Waals surface area contributed by atoms with Crippen molar-refractivity contribution < 1.29 is 14.2 Å². The number of hydrogen-bond acceptors (Lipinski definition) is 3. The van der Waals surface area contributed by atoms with Gasteiger partial charge < -0.3 is 15.6 Å². The second kappa shape index (κ2) is 5.14. The molecule has 3 N–H and O–H groups in total. The van der Waals surface area contributed by atoms with Crippen molar-refractivity contribution in [1.29, 1.82) is 0 Å². The second-order valence-corrected chi connectivity index (χ2v) is 3.63. The predicted octanol–water partition coefficient (Wildman–Crippen LogP) is 2.27. The first-order chi connectivity index (χ1) is 7.11. The molecule has 0 fully saturated rings. The van der Waals surface area contributed by atoms with Gasteiger partial charge in [-0.2, -0.15) is 0 Å². The lowest BCUT2D eigenvalue weighted by atomic mass is 10.1. The quantitative estimate of drug-likeness (QED) is 0.890. The van der Waals surface area contributed by atoms with E-state index in [0.717, 1.165) is 0 Å². The summed E-state index contributed by atoms with van der Waals surface area (Å²) in [5.41, 5.74) is 5.51. The third kappa shape index (κ3) is 2.49. The van der Waals surface area contributed by atoms with Crippen LogP contribution in [-0.4, -0.2) is 18.8 Å². The SMILES string of the molecule is COc1cc(Br)c(/C=C/CN)c(F)c1O. The first kappa shape index (κ1) is 12.0. The molecule has 5 heteroatoms. The Hall–Kier alpha value is -1.07. The molecule has 1 aromatic rings. The van der Waals surface area contributed by atoms with Gasteiger partial charge in [0.2, 0.25) is 0 Å². The van der Waals surface area contributed by atoms with Gasteiger partial charge >= 0.3 is 0 Å². The largest absolute Gasteiger partial charge is 0.502 e. The third-order valence-electron chi connectivity index (χ3n) is 1.83. The highest BCUT2D eigenvalue weighted by Crippen LogP contribution is 2.36. The molecule has 0 aliphatic heterocycles. The molecule has 1 aromatic carbocycles. The zero-order valence-corrected chi connectivity index (χ0v) is 9.71. The Morgan fingerprint density at radius 1 is 1.67 bits per heavy atom. The van der Waals surface area contributed by atoms with Crippen LogP contribution < -0.4 is 10.5 Å². The van der Waals surface area contributed by atoms with Gasteiger partial charge in [0.05, 0.1) is 7.11 Å². The van der Waals surface area contributed by atoms with Crippen molar-refractivity contribution in [3.05, 3.63) is 28.0 Å². The number of phenols is 1. The lowest BCUT2D eigenvalue weighted by molar-refractivity contribution is 0.356. The summed E-state index contributed by atoms with van der Waals surface area (Å²) < 4.78 is 18.9. The Balaban J connectivity index is 3.29. The lowest BCUT2D eigenvalue weighted by Crippen LogP contribution is -1.94. The number of methoxy groups -OCH3 is 1. The van der Waals surface area contributed by atoms with E-state index in [2.05, 4.69) is 15.9 Å². The summed E-state index contributed by atoms with van der Waals surface area (Å²) in [6, 6.07) is 1.49. The monoisotopic (exact) mass is 275 g/mol. The number of benzene rings is 1. The van der Waals surface area contributed by atoms with E-state index in [0.29, 0.717) is 11.0 Å². The number of aromatic hydroxyl groups is 1. The fourth-order valence-corrected chi connectivity index (χ4v) is 1.61. The maximum Gasteiger partial charge on any atom is 0.194 e. The summed E-state index contributed by atoms with van der Waals surface area (Å²) in [6.45, 7) is 0.304. The van der Waals surface area contributed by atoms with Crippen molar-refractivity contribution in [2.24, 2.45) is 5.73 Å². The maximum atomic E-state index is 13.6. The van der Waals surface area contributed by atoms with E-state index < -0.39 is 11.6 Å². The van der Waals surface area contributed by atoms with Gasteiger partial charge in [-0.05, 0) is 22.0 Å². The van der Waals surface area contributed by atoms with Gasteiger partial charge in [-0.1, -0.05) is 12.2 Å². The molecule has 0 radical (unpaired) electrons. The normalized spacial score (nSPS) is 10.9. The molecule has 0 bridgehead atoms. The highest BCUT2D eigenvalue weighted by atomic mass is 79.9. The van der Waals surface area contributed by atoms with Crippen LogP contribution in [0.4, 0.5) is 4.39 Å². The molecule has 0 spiro atoms. The van der Waals surface area contributed by atoms with Gasteiger partial charge in [0.15, 0.2) is 17.3 Å². The average Bonchev–Trinajstić information content (AvgIpc) is 2.23. The number of hydrogen-bond donors (Lipinski definition) is 2. The molecular weight excluding hydrogens is 265 g/mol. The fourth-order valence-electron chi connectivity index (χ4n) is 1.10. The van der Waals surface area contributed by atoms with Gasteiger partial charge in [0.1, 0.15) is 0 Å². The van der Waals surface area contributed by atoms with Crippen LogP contribution in [0.1, 0.15) is 5.56 Å². The number of ether oxygens (including phenoxy) is 1. The molecule has 0 heterocycles. The molecule has 15 heavy (non-hydrogen) atoms. The standard InChI is InChI=1S/C10H11BrFNO2/c1-15-8-5-7(11)6(3-2-4-13)9(12)10(8)14/h2-3,5,14H,4,13H2,1H3/b3-2+. The van der Waals surface area contributed by atoms with Crippen LogP contribution in [0.2, 0.25) is 0 Å². The molecule has 0 saturated heterocycles. The van der Waals surface area contributed by atoms with Crippen LogP contribution in [0.5, 0.6) is 11.5 Å². The topological polar surface area (TPSA) is 55.5 Å². The smallest absolute Gasteiger partial charge is 0.194 e. The molecule has 82 valence electrons. The van der Waals surface area contributed by atoms with Crippen molar-refractivity contribution >= 4 is 22.0 Å². The number of rotatable bonds is 3. The molecule has 0 atom stereocenters. The molecule has 1 rings (SSSR count). The van der Waals surface area contributed by atoms with Gasteiger partial charge in [-0.15, -0.1) is 0 Å². The van der Waals surface area contributed by atoms with Gasteiger partial charge in [0, 0.05) is 16.6 Å². The molecule has 0 aromatic heterocycles. The zero-order valence-electron chi connectivity index (χ0n) is 8.13. The highest BCUT2D eigenvalue weighted by molar-refractivity contribution is 9.10. The summed E-state index contributed by atoms with van der Waals surface area (Å²) in [4.78, 5) is 0. The van der Waals surface area contributed by atoms with Gasteiger partial charge in [-0.3, -0.25) is 0 Å². The van der Waals surface area contributed by atoms with Crippen molar-refractivity contribution in [2.75, 3.05) is 13.7 Å². The molecule has 0 amide bonds. The van der Waals surface area contributed by atoms with E-state index in [1.807, 2.05) is 0 Å². The molecule has 0 saturated carbocycles. The van der Waals surface area contributed by atoms with Crippen LogP contribution in [-0.2, 0) is 0 Å². The average molecular weight is 276 g/mol. The fraction of sp³-hybridized carbons (Fsp3) is 0.200. The Kier molecular flexibility index (Phi) is 4.11. The zero-order chi connectivity index (χ0) is 11.4. The highest BCUT2D eigenvalue weighted by Gasteiger charge is 2.15. The van der Waals surface area contributed by atoms with Crippen molar-refractivity contribution in [3.63, 3.8) is 0 Å². The number of phenolic OH excluding ortho intramolecular Hbond substituents is 1. The van der Waals surface area contributed by atoms with E-state index in [1.54, 1.807) is 6.08 Å². The predicted molar refractivity (Wildman–Crippen MR) is 60.4 cm³/mol. The van der Waals surface area contributed by atoms with E-state index in [1.165, 1.54) is 19.3 Å². The van der Waals surface area contributed by atoms with Crippen LogP contribution in [0.15, 0.2) is 16.6 Å². The summed E-state index contributed by atoms with van der Waals surface area (Å²) in [6.07, 6.45) is 3.09. The summed E-state index contributed by atoms with van der Waals surface area (Å²) in [5.74, 6) is -1.15. The molecule has 0 aliphatic rings. The maximum absolute atomic E-state index is 13.6. The molecule has 3 nitrogen and oxygen atoms in total. The first-order valence-electron chi connectivity index (χ1n) is 4.23. The summed E-state index contributed by atoms with van der Waals surface area (Å²) in [7, 11) is 1.36. The second-order valence-electron chi connectivity index (χ2n) is 2.77. The molecule has 0 unspecified atom stereocenters. The Morgan fingerprint density at radius 3 is 2.87 bits per heavy atom. The minimum atomic E-state index is -0.731. The van der Waals surface area contributed by atoms with Gasteiger partial charge in [0.25, 0.3) is 0 Å². The van der Waals surface area contributed by atoms with Crippen molar-refractivity contribution in [2.45, 2.75) is 0 Å². The summed E-state index contributed by atoms with van der Waals surface area (Å²) >= 11 is 3.18. The Labute approximate surface area is 95.5 Å². The van der Waals surface area contributed by atoms with Crippen LogP contribution >= 0.6 is 15.9 Å². The molecular formula is C10H11BrFNO2. The Morgan fingerprint density at radius 2 is 2.33 bits per heavy atom. The number of nitrogens with two attached hydrogens (primary N) is 1. The van der Waals surface area contributed by atoms with Crippen molar-refractivity contribution in [3.8, 4) is 11.5 Å². The third-order valence-corrected chi connectivity index (χ3v) is 2.49. The Bertz CT molecular complexity index is 393. The van der Waals surface area contributed by atoms with E-state index in [9.17, 15) is 9.50 Å². The van der Waals surface area contributed by atoms with Crippen LogP contribution in [0.25, 0.3) is 6.08 Å². The van der Waals surface area contributed by atoms with E-state index in [4.69, 9.17) is 10.5 Å². The minimum Gasteiger partial charge on any atom is -0.502 e. The lowest BCUT2D eigenvalue weighted by Gasteiger charge is -2.08. The number of halogens is 2. The molecule has 0 aliphatic carbocycles. The minimum absolute atomic E-state index is 0.0873. The summed E-state index contributed by atoms with van der Waals surface area (Å²) in [5, 5.41) is 9.42. The van der Waals surface area contributed by atoms with E-state index >= 15 is 0 Å². The first-order valence-corrected chi connectivity index (χ1v) is 5.02. The van der Waals surface area contributed by atoms with Crippen LogP contribution in [0.3, 0.4) is 0 Å². The van der Waals surface area contributed by atoms with E-state index in [-0.39, 0.29) is 11.3 Å². The van der Waals surface area contributed by atoms with Crippen LogP contribution in [0, 0.1) is 5.82 Å².